The molecule has 8 heteroatoms. The van der Waals surface area contributed by atoms with Crippen molar-refractivity contribution in [1.82, 2.24) is 0 Å². The van der Waals surface area contributed by atoms with Gasteiger partial charge in [-0.05, 0) is 0 Å². The first kappa shape index (κ1) is 50.9. The van der Waals surface area contributed by atoms with Crippen LogP contribution < -0.4 is 9.05 Å². The summed E-state index contributed by atoms with van der Waals surface area (Å²) in [5, 5.41) is 0. The van der Waals surface area contributed by atoms with E-state index in [4.69, 9.17) is 9.05 Å². The Bertz CT molecular complexity index is 1080. The third-order valence-electron chi connectivity index (χ3n) is 7.58. The van der Waals surface area contributed by atoms with Crippen LogP contribution in [-0.4, -0.2) is 22.6 Å². The Morgan fingerprint density at radius 1 is 0.479 bits per heavy atom. The molecule has 2 aromatic rings. The number of benzene rings is 2. The zero-order chi connectivity index (χ0) is 38.6. The van der Waals surface area contributed by atoms with E-state index in [-0.39, 0.29) is 21.7 Å². The van der Waals surface area contributed by atoms with Gasteiger partial charge >= 0.3 is 55.4 Å². The first-order chi connectivity index (χ1) is 21.7. The Balaban J connectivity index is 0. The molecule has 0 saturated carbocycles. The van der Waals surface area contributed by atoms with Crippen molar-refractivity contribution in [3.63, 3.8) is 0 Å². The quantitative estimate of drug-likeness (QED) is 0.149. The van der Waals surface area contributed by atoms with Crippen molar-refractivity contribution in [3.8, 4) is 11.5 Å². The van der Waals surface area contributed by atoms with Crippen LogP contribution in [0, 0.1) is 12.1 Å². The van der Waals surface area contributed by atoms with E-state index in [1.54, 1.807) is 0 Å². The molecule has 0 fully saturated rings. The van der Waals surface area contributed by atoms with E-state index in [2.05, 4.69) is 230 Å². The van der Waals surface area contributed by atoms with Gasteiger partial charge in [0.15, 0.2) is 0 Å². The summed E-state index contributed by atoms with van der Waals surface area (Å²) in [4.78, 5) is 0. The van der Waals surface area contributed by atoms with Gasteiger partial charge < -0.3 is 9.05 Å². The van der Waals surface area contributed by atoms with Gasteiger partial charge in [0.2, 0.25) is 0 Å². The molecule has 2 rings (SSSR count). The van der Waals surface area contributed by atoms with Crippen molar-refractivity contribution in [2.75, 3.05) is 0 Å². The first-order valence-electron chi connectivity index (χ1n) is 17.0. The molecule has 284 valence electrons. The summed E-state index contributed by atoms with van der Waals surface area (Å²) in [6, 6.07) is 15.8. The van der Waals surface area contributed by atoms with E-state index in [9.17, 15) is 0 Å². The maximum atomic E-state index is 6.47. The maximum absolute atomic E-state index is 6.47. The number of hydrogen-bond donors (Lipinski definition) is 0. The Morgan fingerprint density at radius 2 is 0.708 bits per heavy atom. The van der Waals surface area contributed by atoms with E-state index < -0.39 is 16.3 Å². The summed E-state index contributed by atoms with van der Waals surface area (Å²) in [7, 11) is 8.00. The van der Waals surface area contributed by atoms with Gasteiger partial charge in [0.1, 0.15) is 0 Å². The molecular weight excluding hydrogens is 858 g/mol. The number of halogens is 2. The Kier molecular flexibility index (Phi) is 23.5. The molecule has 0 bridgehead atoms. The standard InChI is InChI=1S/2C20H34OP.2ClH.2Pd/c2*1-14(2)22(15(3)4)21-18-12-11-16(19(5,6)7)13-17(18)20(8,9)10;;;;/h2*11,13-15H,1-10H3;2*1H;;/q2*-1;;;2*+2/p-2. The van der Waals surface area contributed by atoms with Crippen LogP contribution in [0.2, 0.25) is 0 Å². The van der Waals surface area contributed by atoms with Gasteiger partial charge in [0, 0.05) is 34.1 Å². The van der Waals surface area contributed by atoms with Gasteiger partial charge in [-0.15, -0.1) is 23.3 Å². The second-order valence-electron chi connectivity index (χ2n) is 17.5. The Hall–Kier alpha value is 0.805. The first-order valence-corrected chi connectivity index (χ1v) is 23.8. The van der Waals surface area contributed by atoms with Crippen LogP contribution in [0.3, 0.4) is 0 Å². The van der Waals surface area contributed by atoms with Crippen LogP contribution in [0.25, 0.3) is 0 Å². The molecule has 0 amide bonds. The molecule has 0 radical (unpaired) electrons. The molecule has 0 aromatic heterocycles. The van der Waals surface area contributed by atoms with Crippen molar-refractivity contribution in [2.24, 2.45) is 0 Å². The van der Waals surface area contributed by atoms with Crippen molar-refractivity contribution in [2.45, 2.75) is 183 Å². The normalized spacial score (nSPS) is 12.5. The van der Waals surface area contributed by atoms with Crippen molar-refractivity contribution in [1.29, 1.82) is 0 Å². The molecule has 0 N–H and O–H groups in total. The summed E-state index contributed by atoms with van der Waals surface area (Å²) >= 11 is 4.44. The Labute approximate surface area is 331 Å². The van der Waals surface area contributed by atoms with Crippen LogP contribution in [0.15, 0.2) is 24.3 Å². The fraction of sp³-hybridized carbons (Fsp3) is 0.700. The fourth-order valence-electron chi connectivity index (χ4n) is 4.92. The van der Waals surface area contributed by atoms with E-state index in [0.29, 0.717) is 22.6 Å². The van der Waals surface area contributed by atoms with E-state index in [1.165, 1.54) is 22.3 Å². The van der Waals surface area contributed by atoms with Gasteiger partial charge in [-0.25, -0.2) is 0 Å². The van der Waals surface area contributed by atoms with Crippen LogP contribution >= 0.6 is 35.4 Å². The molecule has 48 heavy (non-hydrogen) atoms. The monoisotopic (exact) mass is 924 g/mol. The second-order valence-corrected chi connectivity index (χ2v) is 23.5. The van der Waals surface area contributed by atoms with E-state index in [0.717, 1.165) is 11.5 Å². The number of rotatable bonds is 8. The SMILES string of the molecule is CC(C)P(Oc1[c-]cc(C(C)(C)C)cc1C(C)(C)C)C(C)C.CC(C)P(Oc1[c-]cc(C(C)(C)C)cc1C(C)(C)C)C(C)C.[Cl][Pd+].[Cl][Pd+]. The Morgan fingerprint density at radius 3 is 0.875 bits per heavy atom. The molecular formula is C40H68Cl2O2P2Pd2. The molecule has 0 saturated heterocycles. The third kappa shape index (κ3) is 17.5. The van der Waals surface area contributed by atoms with Crippen LogP contribution in [0.5, 0.6) is 11.5 Å². The molecule has 0 atom stereocenters. The zero-order valence-electron chi connectivity index (χ0n) is 33.7. The minimum atomic E-state index is -0.487. The summed E-state index contributed by atoms with van der Waals surface area (Å²) < 4.78 is 12.9. The zero-order valence-corrected chi connectivity index (χ0v) is 40.1. The molecule has 0 aliphatic carbocycles. The molecule has 0 spiro atoms. The molecule has 2 nitrogen and oxygen atoms in total. The van der Waals surface area contributed by atoms with E-state index >= 15 is 0 Å². The predicted molar refractivity (Wildman–Crippen MR) is 213 cm³/mol. The third-order valence-corrected chi connectivity index (χ3v) is 12.4. The van der Waals surface area contributed by atoms with Gasteiger partial charge in [-0.1, -0.05) is 160 Å². The number of hydrogen-bond acceptors (Lipinski definition) is 2. The second kappa shape index (κ2) is 22.1. The summed E-state index contributed by atoms with van der Waals surface area (Å²) in [6.07, 6.45) is 0. The molecule has 2 aromatic carbocycles. The molecule has 0 aliphatic heterocycles. The van der Waals surface area contributed by atoms with E-state index in [1.807, 2.05) is 0 Å². The molecule has 0 unspecified atom stereocenters. The van der Waals surface area contributed by atoms with Crippen molar-refractivity contribution in [3.05, 3.63) is 58.7 Å². The topological polar surface area (TPSA) is 18.5 Å². The molecule has 0 heterocycles. The van der Waals surface area contributed by atoms with Crippen molar-refractivity contribution >= 4 is 35.4 Å². The average Bonchev–Trinajstić information content (AvgIpc) is 2.94. The minimum absolute atomic E-state index is 0.0576. The van der Waals surface area contributed by atoms with Crippen LogP contribution in [-0.2, 0) is 58.0 Å². The average molecular weight is 927 g/mol. The van der Waals surface area contributed by atoms with Gasteiger partial charge in [-0.2, -0.15) is 35.4 Å². The summed E-state index contributed by atoms with van der Waals surface area (Å²) in [5.74, 6) is 1.91. The van der Waals surface area contributed by atoms with Crippen LogP contribution in [0.4, 0.5) is 0 Å². The van der Waals surface area contributed by atoms with Crippen LogP contribution in [0.1, 0.15) is 161 Å². The fourth-order valence-corrected chi connectivity index (χ4v) is 8.88. The van der Waals surface area contributed by atoms with Gasteiger partial charge in [0.05, 0.1) is 16.3 Å². The summed E-state index contributed by atoms with van der Waals surface area (Å²) in [5.41, 5.74) is 7.79. The van der Waals surface area contributed by atoms with Gasteiger partial charge in [-0.3, -0.25) is 0 Å². The van der Waals surface area contributed by atoms with Gasteiger partial charge in [0.25, 0.3) is 0 Å². The van der Waals surface area contributed by atoms with Crippen molar-refractivity contribution < 1.29 is 45.4 Å². The summed E-state index contributed by atoms with van der Waals surface area (Å²) in [6.45, 7) is 45.1. The predicted octanol–water partition coefficient (Wildman–Crippen LogP) is 14.7. The molecule has 0 aliphatic rings.